The Kier molecular flexibility index (Phi) is 4.36. The molecule has 102 valence electrons. The van der Waals surface area contributed by atoms with Gasteiger partial charge in [0.25, 0.3) is 5.91 Å². The average molecular weight is 328 g/mol. The van der Waals surface area contributed by atoms with Crippen molar-refractivity contribution in [2.45, 2.75) is 18.9 Å². The first-order valence-corrected chi connectivity index (χ1v) is 6.76. The van der Waals surface area contributed by atoms with Crippen molar-refractivity contribution in [3.8, 4) is 0 Å². The van der Waals surface area contributed by atoms with E-state index in [-0.39, 0.29) is 11.9 Å². The molecule has 1 saturated heterocycles. The molecule has 0 spiro atoms. The van der Waals surface area contributed by atoms with Gasteiger partial charge in [0.15, 0.2) is 0 Å². The van der Waals surface area contributed by atoms with Gasteiger partial charge in [-0.2, -0.15) is 0 Å². The Balaban J connectivity index is 2.04. The van der Waals surface area contributed by atoms with Crippen LogP contribution in [-0.2, 0) is 0 Å². The molecule has 1 atom stereocenters. The number of hydrogen-bond acceptors (Lipinski definition) is 3. The highest BCUT2D eigenvalue weighted by molar-refractivity contribution is 9.10. The predicted molar refractivity (Wildman–Crippen MR) is 72.0 cm³/mol. The van der Waals surface area contributed by atoms with Crippen molar-refractivity contribution in [1.82, 2.24) is 15.2 Å². The molecule has 0 aliphatic carbocycles. The highest BCUT2D eigenvalue weighted by atomic mass is 79.9. The van der Waals surface area contributed by atoms with Crippen LogP contribution in [0, 0.1) is 0 Å². The standard InChI is InChI=1S/C12H14BrN3O3/c13-10-6-8(3-4-14-10)11(17)16-5-1-2-9(7-16)15-12(18)19/h3-4,6,9,15H,1-2,5,7H2,(H,18,19). The number of carbonyl (C=O) groups is 2. The van der Waals surface area contributed by atoms with Gasteiger partial charge < -0.3 is 15.3 Å². The Morgan fingerprint density at radius 2 is 2.32 bits per heavy atom. The minimum Gasteiger partial charge on any atom is -0.465 e. The van der Waals surface area contributed by atoms with Crippen LogP contribution in [0.25, 0.3) is 0 Å². The van der Waals surface area contributed by atoms with E-state index in [1.54, 1.807) is 23.2 Å². The second kappa shape index (κ2) is 6.01. The summed E-state index contributed by atoms with van der Waals surface area (Å²) in [5, 5.41) is 11.1. The smallest absolute Gasteiger partial charge is 0.404 e. The predicted octanol–water partition coefficient (Wildman–Crippen LogP) is 1.72. The minimum atomic E-state index is -1.05. The molecule has 6 nitrogen and oxygen atoms in total. The first-order chi connectivity index (χ1) is 9.06. The van der Waals surface area contributed by atoms with Gasteiger partial charge in [-0.3, -0.25) is 4.79 Å². The highest BCUT2D eigenvalue weighted by Crippen LogP contribution is 2.15. The van der Waals surface area contributed by atoms with Crippen LogP contribution < -0.4 is 5.32 Å². The van der Waals surface area contributed by atoms with E-state index < -0.39 is 6.09 Å². The number of aromatic nitrogens is 1. The van der Waals surface area contributed by atoms with Crippen molar-refractivity contribution < 1.29 is 14.7 Å². The SMILES string of the molecule is O=C(O)NC1CCCN(C(=O)c2ccnc(Br)c2)C1. The van der Waals surface area contributed by atoms with Gasteiger partial charge in [0.1, 0.15) is 4.60 Å². The number of hydrogen-bond donors (Lipinski definition) is 2. The fraction of sp³-hybridized carbons (Fsp3) is 0.417. The molecular weight excluding hydrogens is 314 g/mol. The normalized spacial score (nSPS) is 19.0. The molecule has 19 heavy (non-hydrogen) atoms. The first-order valence-electron chi connectivity index (χ1n) is 5.96. The van der Waals surface area contributed by atoms with E-state index in [1.807, 2.05) is 0 Å². The van der Waals surface area contributed by atoms with E-state index in [4.69, 9.17) is 5.11 Å². The van der Waals surface area contributed by atoms with Crippen LogP contribution in [0.1, 0.15) is 23.2 Å². The van der Waals surface area contributed by atoms with Crippen LogP contribution in [0.2, 0.25) is 0 Å². The van der Waals surface area contributed by atoms with Crippen molar-refractivity contribution in [2.75, 3.05) is 13.1 Å². The topological polar surface area (TPSA) is 82.5 Å². The number of amides is 2. The van der Waals surface area contributed by atoms with Crippen LogP contribution in [-0.4, -0.2) is 46.1 Å². The Bertz CT molecular complexity index is 495. The minimum absolute atomic E-state index is 0.0972. The summed E-state index contributed by atoms with van der Waals surface area (Å²) in [6.45, 7) is 1.06. The van der Waals surface area contributed by atoms with E-state index in [1.165, 1.54) is 0 Å². The maximum absolute atomic E-state index is 12.3. The molecule has 1 aromatic rings. The van der Waals surface area contributed by atoms with Crippen molar-refractivity contribution in [2.24, 2.45) is 0 Å². The number of pyridine rings is 1. The first kappa shape index (κ1) is 13.8. The fourth-order valence-corrected chi connectivity index (χ4v) is 2.54. The van der Waals surface area contributed by atoms with Gasteiger partial charge in [-0.1, -0.05) is 0 Å². The van der Waals surface area contributed by atoms with Gasteiger partial charge in [0.05, 0.1) is 0 Å². The molecule has 0 aromatic carbocycles. The number of nitrogens with one attached hydrogen (secondary N) is 1. The van der Waals surface area contributed by atoms with Crippen LogP contribution in [0.4, 0.5) is 4.79 Å². The third-order valence-corrected chi connectivity index (χ3v) is 3.44. The molecule has 1 aliphatic heterocycles. The summed E-state index contributed by atoms with van der Waals surface area (Å²) in [7, 11) is 0. The second-order valence-electron chi connectivity index (χ2n) is 4.41. The van der Waals surface area contributed by atoms with Crippen molar-refractivity contribution in [3.05, 3.63) is 28.5 Å². The van der Waals surface area contributed by atoms with Gasteiger partial charge in [-0.15, -0.1) is 0 Å². The molecule has 1 fully saturated rings. The number of rotatable bonds is 2. The Labute approximate surface area is 118 Å². The monoisotopic (exact) mass is 327 g/mol. The van der Waals surface area contributed by atoms with Gasteiger partial charge in [0, 0.05) is 30.9 Å². The average Bonchev–Trinajstić information content (AvgIpc) is 2.37. The Morgan fingerprint density at radius 1 is 1.53 bits per heavy atom. The van der Waals surface area contributed by atoms with Crippen LogP contribution in [0.15, 0.2) is 22.9 Å². The number of likely N-dealkylation sites (tertiary alicyclic amines) is 1. The summed E-state index contributed by atoms with van der Waals surface area (Å²) >= 11 is 3.23. The molecule has 0 saturated carbocycles. The van der Waals surface area contributed by atoms with Crippen molar-refractivity contribution in [3.63, 3.8) is 0 Å². The molecule has 2 N–H and O–H groups in total. The zero-order chi connectivity index (χ0) is 13.8. The van der Waals surface area contributed by atoms with Gasteiger partial charge >= 0.3 is 6.09 Å². The third kappa shape index (κ3) is 3.66. The molecule has 1 aromatic heterocycles. The molecule has 7 heteroatoms. The highest BCUT2D eigenvalue weighted by Gasteiger charge is 2.25. The number of nitrogens with zero attached hydrogens (tertiary/aromatic N) is 2. The summed E-state index contributed by atoms with van der Waals surface area (Å²) in [5.41, 5.74) is 0.554. The number of piperidine rings is 1. The van der Waals surface area contributed by atoms with Gasteiger partial charge in [-0.25, -0.2) is 9.78 Å². The van der Waals surface area contributed by atoms with E-state index in [2.05, 4.69) is 26.2 Å². The van der Waals surface area contributed by atoms with Crippen LogP contribution >= 0.6 is 15.9 Å². The van der Waals surface area contributed by atoms with Crippen LogP contribution in [0.5, 0.6) is 0 Å². The summed E-state index contributed by atoms with van der Waals surface area (Å²) in [6, 6.07) is 3.12. The summed E-state index contributed by atoms with van der Waals surface area (Å²) in [5.74, 6) is -0.0972. The molecule has 2 rings (SSSR count). The zero-order valence-electron chi connectivity index (χ0n) is 10.2. The van der Waals surface area contributed by atoms with Crippen molar-refractivity contribution >= 4 is 27.9 Å². The van der Waals surface area contributed by atoms with Gasteiger partial charge in [0.2, 0.25) is 0 Å². The lowest BCUT2D eigenvalue weighted by Crippen LogP contribution is -2.49. The third-order valence-electron chi connectivity index (χ3n) is 3.01. The maximum Gasteiger partial charge on any atom is 0.404 e. The van der Waals surface area contributed by atoms with E-state index in [0.717, 1.165) is 12.8 Å². The molecule has 0 bridgehead atoms. The second-order valence-corrected chi connectivity index (χ2v) is 5.22. The maximum atomic E-state index is 12.3. The quantitative estimate of drug-likeness (QED) is 0.810. The lowest BCUT2D eigenvalue weighted by Gasteiger charge is -2.32. The van der Waals surface area contributed by atoms with Crippen molar-refractivity contribution in [1.29, 1.82) is 0 Å². The molecule has 1 aliphatic rings. The zero-order valence-corrected chi connectivity index (χ0v) is 11.8. The molecule has 1 unspecified atom stereocenters. The fourth-order valence-electron chi connectivity index (χ4n) is 2.17. The summed E-state index contributed by atoms with van der Waals surface area (Å²) in [6.07, 6.45) is 2.07. The van der Waals surface area contributed by atoms with E-state index in [9.17, 15) is 9.59 Å². The van der Waals surface area contributed by atoms with Crippen LogP contribution in [0.3, 0.4) is 0 Å². The lowest BCUT2D eigenvalue weighted by molar-refractivity contribution is 0.0692. The van der Waals surface area contributed by atoms with Gasteiger partial charge in [-0.05, 0) is 40.9 Å². The molecule has 2 amide bonds. The molecule has 0 radical (unpaired) electrons. The molecular formula is C12H14BrN3O3. The number of carboxylic acid groups (broad SMARTS) is 1. The largest absolute Gasteiger partial charge is 0.465 e. The van der Waals surface area contributed by atoms with E-state index >= 15 is 0 Å². The lowest BCUT2D eigenvalue weighted by atomic mass is 10.0. The Morgan fingerprint density at radius 3 is 3.00 bits per heavy atom. The number of halogens is 1. The molecule has 2 heterocycles. The Hall–Kier alpha value is -1.63. The van der Waals surface area contributed by atoms with E-state index in [0.29, 0.717) is 23.3 Å². The number of carbonyl (C=O) groups excluding carboxylic acids is 1. The summed E-state index contributed by atoms with van der Waals surface area (Å²) < 4.78 is 0.607. The summed E-state index contributed by atoms with van der Waals surface area (Å²) in [4.78, 5) is 28.6.